The first-order valence-corrected chi connectivity index (χ1v) is 8.86. The molecule has 26 heavy (non-hydrogen) atoms. The zero-order valence-corrected chi connectivity index (χ0v) is 14.9. The number of ether oxygens (including phenoxy) is 1. The van der Waals surface area contributed by atoms with Gasteiger partial charge in [-0.05, 0) is 31.2 Å². The number of aryl methyl sites for hydroxylation is 1. The van der Waals surface area contributed by atoms with Gasteiger partial charge in [0.1, 0.15) is 18.2 Å². The number of nitrogens with zero attached hydrogens (tertiary/aromatic N) is 1. The minimum atomic E-state index is -0.475. The summed E-state index contributed by atoms with van der Waals surface area (Å²) in [5, 5.41) is 5.45. The molecule has 0 atom stereocenters. The first-order valence-electron chi connectivity index (χ1n) is 7.98. The fourth-order valence-corrected chi connectivity index (χ4v) is 2.88. The van der Waals surface area contributed by atoms with Crippen LogP contribution < -0.4 is 10.1 Å². The summed E-state index contributed by atoms with van der Waals surface area (Å²) in [5.41, 5.74) is 1.76. The lowest BCUT2D eigenvalue weighted by molar-refractivity contribution is -0.111. The van der Waals surface area contributed by atoms with E-state index in [1.54, 1.807) is 29.5 Å². The molecule has 3 rings (SSSR count). The average Bonchev–Trinajstić information content (AvgIpc) is 3.06. The van der Waals surface area contributed by atoms with Crippen molar-refractivity contribution in [2.75, 3.05) is 5.32 Å². The van der Waals surface area contributed by atoms with Gasteiger partial charge in [-0.25, -0.2) is 9.37 Å². The van der Waals surface area contributed by atoms with Gasteiger partial charge in [-0.1, -0.05) is 30.3 Å². The SMILES string of the molecule is Cc1nc(COc2ccccc2/C=C/C(=O)Nc2ccccc2F)cs1. The molecule has 3 aromatic rings. The van der Waals surface area contributed by atoms with Gasteiger partial charge in [0.05, 0.1) is 16.4 Å². The molecule has 1 amide bonds. The Hall–Kier alpha value is -2.99. The molecule has 0 radical (unpaired) electrons. The Morgan fingerprint density at radius 1 is 1.23 bits per heavy atom. The third-order valence-corrected chi connectivity index (χ3v) is 4.33. The molecule has 1 aromatic heterocycles. The predicted octanol–water partition coefficient (Wildman–Crippen LogP) is 4.82. The Balaban J connectivity index is 1.66. The Bertz CT molecular complexity index is 937. The molecule has 2 aromatic carbocycles. The van der Waals surface area contributed by atoms with E-state index in [0.717, 1.165) is 16.3 Å². The number of hydrogen-bond donors (Lipinski definition) is 1. The number of aromatic nitrogens is 1. The quantitative estimate of drug-likeness (QED) is 0.635. The van der Waals surface area contributed by atoms with E-state index in [1.165, 1.54) is 18.2 Å². The van der Waals surface area contributed by atoms with Crippen LogP contribution in [0.15, 0.2) is 60.0 Å². The van der Waals surface area contributed by atoms with Gasteiger partial charge < -0.3 is 10.1 Å². The smallest absolute Gasteiger partial charge is 0.248 e. The van der Waals surface area contributed by atoms with Gasteiger partial charge in [-0.15, -0.1) is 11.3 Å². The molecular formula is C20H17FN2O2S. The maximum atomic E-state index is 13.6. The van der Waals surface area contributed by atoms with E-state index in [1.807, 2.05) is 36.6 Å². The van der Waals surface area contributed by atoms with Crippen molar-refractivity contribution in [3.05, 3.63) is 82.1 Å². The van der Waals surface area contributed by atoms with Gasteiger partial charge in [0.2, 0.25) is 5.91 Å². The molecule has 0 fully saturated rings. The van der Waals surface area contributed by atoms with Crippen molar-refractivity contribution in [2.45, 2.75) is 13.5 Å². The van der Waals surface area contributed by atoms with Crippen LogP contribution in [0.2, 0.25) is 0 Å². The van der Waals surface area contributed by atoms with Crippen LogP contribution in [-0.4, -0.2) is 10.9 Å². The molecule has 6 heteroatoms. The summed E-state index contributed by atoms with van der Waals surface area (Å²) < 4.78 is 19.4. The second kappa shape index (κ2) is 8.40. The number of para-hydroxylation sites is 2. The number of halogens is 1. The Labute approximate surface area is 155 Å². The molecule has 0 bridgehead atoms. The van der Waals surface area contributed by atoms with Gasteiger partial charge >= 0.3 is 0 Å². The number of nitrogens with one attached hydrogen (secondary N) is 1. The Morgan fingerprint density at radius 3 is 2.77 bits per heavy atom. The lowest BCUT2D eigenvalue weighted by Crippen LogP contribution is -2.09. The summed E-state index contributed by atoms with van der Waals surface area (Å²) in [6, 6.07) is 13.4. The molecule has 4 nitrogen and oxygen atoms in total. The van der Waals surface area contributed by atoms with E-state index in [9.17, 15) is 9.18 Å². The van der Waals surface area contributed by atoms with E-state index in [2.05, 4.69) is 10.3 Å². The summed E-state index contributed by atoms with van der Waals surface area (Å²) in [4.78, 5) is 16.4. The molecule has 0 spiro atoms. The monoisotopic (exact) mass is 368 g/mol. The molecule has 0 saturated carbocycles. The molecule has 1 heterocycles. The van der Waals surface area contributed by atoms with Crippen LogP contribution in [0.5, 0.6) is 5.75 Å². The summed E-state index contributed by atoms with van der Waals surface area (Å²) in [6.45, 7) is 2.30. The molecule has 0 saturated heterocycles. The summed E-state index contributed by atoms with van der Waals surface area (Å²) >= 11 is 1.57. The van der Waals surface area contributed by atoms with Crippen molar-refractivity contribution in [1.29, 1.82) is 0 Å². The zero-order valence-electron chi connectivity index (χ0n) is 14.1. The minimum Gasteiger partial charge on any atom is -0.487 e. The summed E-state index contributed by atoms with van der Waals surface area (Å²) in [5.74, 6) is -0.246. The number of carbonyl (C=O) groups excluding carboxylic acids is 1. The summed E-state index contributed by atoms with van der Waals surface area (Å²) in [7, 11) is 0. The number of amides is 1. The van der Waals surface area contributed by atoms with E-state index in [-0.39, 0.29) is 5.69 Å². The first-order chi connectivity index (χ1) is 12.6. The predicted molar refractivity (Wildman–Crippen MR) is 102 cm³/mol. The molecule has 1 N–H and O–H groups in total. The highest BCUT2D eigenvalue weighted by Crippen LogP contribution is 2.21. The third kappa shape index (κ3) is 4.77. The van der Waals surface area contributed by atoms with Gasteiger partial charge in [-0.3, -0.25) is 4.79 Å². The molecular weight excluding hydrogens is 351 g/mol. The van der Waals surface area contributed by atoms with Crippen molar-refractivity contribution in [2.24, 2.45) is 0 Å². The minimum absolute atomic E-state index is 0.144. The van der Waals surface area contributed by atoms with Gasteiger partial charge in [0.15, 0.2) is 0 Å². The van der Waals surface area contributed by atoms with Gasteiger partial charge in [0.25, 0.3) is 0 Å². The van der Waals surface area contributed by atoms with Gasteiger partial charge in [-0.2, -0.15) is 0 Å². The fraction of sp³-hybridized carbons (Fsp3) is 0.100. The molecule has 0 aliphatic rings. The van der Waals surface area contributed by atoms with Crippen LogP contribution in [-0.2, 0) is 11.4 Å². The number of thiazole rings is 1. The standard InChI is InChI=1S/C20H17FN2O2S/c1-14-22-16(13-26-14)12-25-19-9-5-2-6-15(19)10-11-20(24)23-18-8-4-3-7-17(18)21/h2-11,13H,12H2,1H3,(H,23,24)/b11-10+. The summed E-state index contributed by atoms with van der Waals surface area (Å²) in [6.07, 6.45) is 2.99. The lowest BCUT2D eigenvalue weighted by Gasteiger charge is -2.08. The molecule has 0 aliphatic heterocycles. The van der Waals surface area contributed by atoms with E-state index in [4.69, 9.17) is 4.74 Å². The zero-order chi connectivity index (χ0) is 18.4. The van der Waals surface area contributed by atoms with Crippen LogP contribution in [0.1, 0.15) is 16.3 Å². The highest BCUT2D eigenvalue weighted by Gasteiger charge is 2.05. The van der Waals surface area contributed by atoms with Crippen molar-refractivity contribution in [1.82, 2.24) is 4.98 Å². The first kappa shape index (κ1) is 17.8. The van der Waals surface area contributed by atoms with Gasteiger partial charge in [0, 0.05) is 17.0 Å². The Morgan fingerprint density at radius 2 is 2.00 bits per heavy atom. The maximum absolute atomic E-state index is 13.6. The van der Waals surface area contributed by atoms with Crippen molar-refractivity contribution < 1.29 is 13.9 Å². The molecule has 132 valence electrons. The average molecular weight is 368 g/mol. The van der Waals surface area contributed by atoms with Crippen LogP contribution in [0, 0.1) is 12.7 Å². The number of rotatable bonds is 6. The van der Waals surface area contributed by atoms with E-state index in [0.29, 0.717) is 12.4 Å². The molecule has 0 aliphatic carbocycles. The Kier molecular flexibility index (Phi) is 5.76. The highest BCUT2D eigenvalue weighted by molar-refractivity contribution is 7.09. The van der Waals surface area contributed by atoms with E-state index >= 15 is 0 Å². The van der Waals surface area contributed by atoms with Crippen LogP contribution >= 0.6 is 11.3 Å². The highest BCUT2D eigenvalue weighted by atomic mass is 32.1. The van der Waals surface area contributed by atoms with Crippen LogP contribution in [0.4, 0.5) is 10.1 Å². The maximum Gasteiger partial charge on any atom is 0.248 e. The number of anilines is 1. The van der Waals surface area contributed by atoms with Crippen molar-refractivity contribution in [3.8, 4) is 5.75 Å². The normalized spacial score (nSPS) is 10.8. The number of benzene rings is 2. The second-order valence-electron chi connectivity index (χ2n) is 5.49. The number of carbonyl (C=O) groups is 1. The van der Waals surface area contributed by atoms with Crippen LogP contribution in [0.25, 0.3) is 6.08 Å². The fourth-order valence-electron chi connectivity index (χ4n) is 2.28. The van der Waals surface area contributed by atoms with Crippen molar-refractivity contribution in [3.63, 3.8) is 0 Å². The number of hydrogen-bond acceptors (Lipinski definition) is 4. The van der Waals surface area contributed by atoms with E-state index < -0.39 is 11.7 Å². The largest absolute Gasteiger partial charge is 0.487 e. The third-order valence-electron chi connectivity index (χ3n) is 3.51. The second-order valence-corrected chi connectivity index (χ2v) is 6.55. The van der Waals surface area contributed by atoms with Crippen molar-refractivity contribution >= 4 is 29.0 Å². The lowest BCUT2D eigenvalue weighted by atomic mass is 10.2. The molecule has 0 unspecified atom stereocenters. The van der Waals surface area contributed by atoms with Crippen LogP contribution in [0.3, 0.4) is 0 Å². The topological polar surface area (TPSA) is 51.2 Å².